The maximum absolute atomic E-state index is 10.9. The van der Waals surface area contributed by atoms with Crippen molar-refractivity contribution < 1.29 is 0 Å². The van der Waals surface area contributed by atoms with Crippen molar-refractivity contribution in [1.82, 2.24) is 15.2 Å². The van der Waals surface area contributed by atoms with Crippen LogP contribution in [0.1, 0.15) is 5.56 Å². The van der Waals surface area contributed by atoms with Gasteiger partial charge in [-0.3, -0.25) is 9.89 Å². The molecule has 0 radical (unpaired) electrons. The van der Waals surface area contributed by atoms with Gasteiger partial charge in [0.15, 0.2) is 5.16 Å². The Morgan fingerprint density at radius 3 is 2.80 bits per heavy atom. The highest BCUT2D eigenvalue weighted by molar-refractivity contribution is 7.98. The van der Waals surface area contributed by atoms with Gasteiger partial charge in [-0.25, -0.2) is 0 Å². The Morgan fingerprint density at radius 1 is 1.27 bits per heavy atom. The maximum atomic E-state index is 10.9. The number of thioether (sulfide) groups is 1. The van der Waals surface area contributed by atoms with Gasteiger partial charge < -0.3 is 0 Å². The molecule has 0 aliphatic carbocycles. The first kappa shape index (κ1) is 9.92. The monoisotopic (exact) mass is 219 g/mol. The number of H-pyrrole nitrogens is 1. The summed E-state index contributed by atoms with van der Waals surface area (Å²) in [5.74, 6) is 0.773. The number of benzene rings is 1. The molecule has 0 aliphatic heterocycles. The topological polar surface area (TPSA) is 58.6 Å². The lowest BCUT2D eigenvalue weighted by molar-refractivity contribution is 0.817. The van der Waals surface area contributed by atoms with Crippen LogP contribution in [0.15, 0.2) is 46.5 Å². The summed E-state index contributed by atoms with van der Waals surface area (Å²) < 4.78 is 0. The average Bonchev–Trinajstić information content (AvgIpc) is 2.28. The molecule has 0 saturated heterocycles. The number of hydrogen-bond acceptors (Lipinski definition) is 4. The zero-order valence-corrected chi connectivity index (χ0v) is 8.70. The molecule has 2 rings (SSSR count). The number of rotatable bonds is 3. The Kier molecular flexibility index (Phi) is 3.14. The second-order valence-electron chi connectivity index (χ2n) is 2.90. The van der Waals surface area contributed by atoms with Crippen LogP contribution in [0.5, 0.6) is 0 Å². The standard InChI is InChI=1S/C10H9N3OS/c14-9-6-11-13-10(12-9)15-7-8-4-2-1-3-5-8/h1-6H,7H2,(H,12,13,14). The van der Waals surface area contributed by atoms with Gasteiger partial charge in [0.2, 0.25) is 0 Å². The van der Waals surface area contributed by atoms with Crippen LogP contribution in [0.3, 0.4) is 0 Å². The van der Waals surface area contributed by atoms with Crippen molar-refractivity contribution in [3.63, 3.8) is 0 Å². The molecule has 1 aromatic carbocycles. The Labute approximate surface area is 90.8 Å². The molecule has 0 spiro atoms. The van der Waals surface area contributed by atoms with Crippen molar-refractivity contribution in [3.8, 4) is 0 Å². The minimum atomic E-state index is -0.315. The zero-order valence-electron chi connectivity index (χ0n) is 7.88. The highest BCUT2D eigenvalue weighted by Gasteiger charge is 1.98. The number of nitrogens with zero attached hydrogens (tertiary/aromatic N) is 2. The van der Waals surface area contributed by atoms with Crippen LogP contribution >= 0.6 is 11.8 Å². The van der Waals surface area contributed by atoms with Crippen molar-refractivity contribution in [2.24, 2.45) is 0 Å². The fraction of sp³-hybridized carbons (Fsp3) is 0.100. The van der Waals surface area contributed by atoms with E-state index in [1.54, 1.807) is 0 Å². The lowest BCUT2D eigenvalue weighted by atomic mass is 10.2. The van der Waals surface area contributed by atoms with Gasteiger partial charge >= 0.3 is 0 Å². The zero-order chi connectivity index (χ0) is 10.5. The second kappa shape index (κ2) is 4.75. The molecule has 0 aliphatic rings. The first-order valence-electron chi connectivity index (χ1n) is 4.43. The smallest absolute Gasteiger partial charge is 0.266 e. The number of hydrogen-bond donors (Lipinski definition) is 1. The maximum Gasteiger partial charge on any atom is 0.292 e. The van der Waals surface area contributed by atoms with Gasteiger partial charge in [-0.1, -0.05) is 42.1 Å². The van der Waals surface area contributed by atoms with E-state index in [9.17, 15) is 4.79 Å². The summed E-state index contributed by atoms with van der Waals surface area (Å²) >= 11 is 1.46. The predicted octanol–water partition coefficient (Wildman–Crippen LogP) is 1.46. The van der Waals surface area contributed by atoms with Crippen LogP contribution in [0.2, 0.25) is 0 Å². The molecule has 0 saturated carbocycles. The van der Waals surface area contributed by atoms with Crippen LogP contribution in [0.25, 0.3) is 0 Å². The summed E-state index contributed by atoms with van der Waals surface area (Å²) in [5, 5.41) is 6.90. The highest BCUT2D eigenvalue weighted by Crippen LogP contribution is 2.16. The number of aromatic amines is 1. The van der Waals surface area contributed by atoms with Gasteiger partial charge in [0.05, 0.1) is 0 Å². The van der Waals surface area contributed by atoms with Gasteiger partial charge in [0.1, 0.15) is 6.20 Å². The van der Waals surface area contributed by atoms with E-state index in [4.69, 9.17) is 0 Å². The third kappa shape index (κ3) is 2.92. The van der Waals surface area contributed by atoms with Crippen LogP contribution in [-0.4, -0.2) is 15.2 Å². The summed E-state index contributed by atoms with van der Waals surface area (Å²) in [4.78, 5) is 14.7. The number of aromatic nitrogens is 3. The third-order valence-corrected chi connectivity index (χ3v) is 2.70. The Bertz CT molecular complexity index is 483. The van der Waals surface area contributed by atoms with Crippen LogP contribution in [-0.2, 0) is 5.75 Å². The SMILES string of the molecule is O=c1cn[nH]c(SCc2ccccc2)n1. The van der Waals surface area contributed by atoms with E-state index < -0.39 is 0 Å². The molecule has 0 atom stereocenters. The molecule has 0 fully saturated rings. The molecule has 1 N–H and O–H groups in total. The molecule has 0 unspecified atom stereocenters. The van der Waals surface area contributed by atoms with Gasteiger partial charge in [0.25, 0.3) is 5.56 Å². The summed E-state index contributed by atoms with van der Waals surface area (Å²) in [7, 11) is 0. The van der Waals surface area contributed by atoms with E-state index in [-0.39, 0.29) is 5.56 Å². The van der Waals surface area contributed by atoms with Gasteiger partial charge in [-0.2, -0.15) is 10.1 Å². The summed E-state index contributed by atoms with van der Waals surface area (Å²) in [5.41, 5.74) is 0.873. The molecule has 1 aromatic heterocycles. The van der Waals surface area contributed by atoms with Crippen LogP contribution in [0.4, 0.5) is 0 Å². The van der Waals surface area contributed by atoms with E-state index in [2.05, 4.69) is 15.2 Å². The van der Waals surface area contributed by atoms with Crippen LogP contribution < -0.4 is 5.56 Å². The average molecular weight is 219 g/mol. The fourth-order valence-electron chi connectivity index (χ4n) is 1.09. The quantitative estimate of drug-likeness (QED) is 0.794. The fourth-order valence-corrected chi connectivity index (χ4v) is 1.85. The van der Waals surface area contributed by atoms with Gasteiger partial charge in [-0.15, -0.1) is 0 Å². The van der Waals surface area contributed by atoms with E-state index in [1.807, 2.05) is 30.3 Å². The van der Waals surface area contributed by atoms with E-state index in [0.29, 0.717) is 5.16 Å². The lowest BCUT2D eigenvalue weighted by Gasteiger charge is -1.99. The molecule has 0 amide bonds. The first-order chi connectivity index (χ1) is 7.34. The molecule has 0 bridgehead atoms. The molecular formula is C10H9N3OS. The molecule has 15 heavy (non-hydrogen) atoms. The van der Waals surface area contributed by atoms with E-state index in [0.717, 1.165) is 11.9 Å². The molecule has 5 heteroatoms. The molecule has 1 heterocycles. The highest BCUT2D eigenvalue weighted by atomic mass is 32.2. The van der Waals surface area contributed by atoms with Crippen molar-refractivity contribution >= 4 is 11.8 Å². The lowest BCUT2D eigenvalue weighted by Crippen LogP contribution is -2.07. The van der Waals surface area contributed by atoms with Crippen molar-refractivity contribution in [2.45, 2.75) is 10.9 Å². The van der Waals surface area contributed by atoms with Crippen LogP contribution in [0, 0.1) is 0 Å². The minimum absolute atomic E-state index is 0.315. The molecule has 2 aromatic rings. The summed E-state index contributed by atoms with van der Waals surface area (Å²) in [6.45, 7) is 0. The van der Waals surface area contributed by atoms with Crippen molar-refractivity contribution in [2.75, 3.05) is 0 Å². The summed E-state index contributed by atoms with van der Waals surface area (Å²) in [6.07, 6.45) is 1.16. The molecule has 76 valence electrons. The van der Waals surface area contributed by atoms with Crippen molar-refractivity contribution in [1.29, 1.82) is 0 Å². The third-order valence-electron chi connectivity index (χ3n) is 1.77. The molecule has 4 nitrogen and oxygen atoms in total. The largest absolute Gasteiger partial charge is 0.292 e. The van der Waals surface area contributed by atoms with E-state index in [1.165, 1.54) is 17.3 Å². The Hall–Kier alpha value is -1.62. The Morgan fingerprint density at radius 2 is 2.07 bits per heavy atom. The van der Waals surface area contributed by atoms with Gasteiger partial charge in [0, 0.05) is 5.75 Å². The van der Waals surface area contributed by atoms with Gasteiger partial charge in [-0.05, 0) is 5.56 Å². The predicted molar refractivity (Wildman–Crippen MR) is 58.7 cm³/mol. The normalized spacial score (nSPS) is 10.1. The number of nitrogens with one attached hydrogen (secondary N) is 1. The van der Waals surface area contributed by atoms with E-state index >= 15 is 0 Å². The minimum Gasteiger partial charge on any atom is -0.266 e. The Balaban J connectivity index is 2.02. The van der Waals surface area contributed by atoms with Crippen molar-refractivity contribution in [3.05, 3.63) is 52.4 Å². The molecular weight excluding hydrogens is 210 g/mol. The second-order valence-corrected chi connectivity index (χ2v) is 3.86. The summed E-state index contributed by atoms with van der Waals surface area (Å²) in [6, 6.07) is 9.99. The first-order valence-corrected chi connectivity index (χ1v) is 5.41.